The normalized spacial score (nSPS) is 10.1. The lowest BCUT2D eigenvalue weighted by Gasteiger charge is -2.05. The summed E-state index contributed by atoms with van der Waals surface area (Å²) in [4.78, 5) is 27.4. The fraction of sp³-hybridized carbons (Fsp3) is 0.214. The Kier molecular flexibility index (Phi) is 4.47. The van der Waals surface area contributed by atoms with Crippen LogP contribution in [0, 0.1) is 0 Å². The number of ketones is 1. The van der Waals surface area contributed by atoms with Crippen molar-refractivity contribution in [1.29, 1.82) is 0 Å². The second kappa shape index (κ2) is 6.29. The molecule has 1 amide bonds. The van der Waals surface area contributed by atoms with Crippen molar-refractivity contribution in [1.82, 2.24) is 4.98 Å². The van der Waals surface area contributed by atoms with Gasteiger partial charge < -0.3 is 10.6 Å². The number of amides is 1. The Hall–Kier alpha value is -2.21. The fourth-order valence-electron chi connectivity index (χ4n) is 1.69. The van der Waals surface area contributed by atoms with E-state index in [0.29, 0.717) is 11.3 Å². The monoisotopic (exact) mass is 289 g/mol. The number of hydrogen-bond acceptors (Lipinski definition) is 5. The molecule has 0 bridgehead atoms. The summed E-state index contributed by atoms with van der Waals surface area (Å²) in [6.07, 6.45) is 0.211. The van der Waals surface area contributed by atoms with Crippen LogP contribution in [-0.4, -0.2) is 23.7 Å². The molecule has 0 radical (unpaired) electrons. The number of nitrogens with zero attached hydrogens (tertiary/aromatic N) is 1. The van der Waals surface area contributed by atoms with Gasteiger partial charge in [-0.15, -0.1) is 11.3 Å². The van der Waals surface area contributed by atoms with Crippen LogP contribution in [0.25, 0.3) is 0 Å². The predicted molar refractivity (Wildman–Crippen MR) is 80.4 cm³/mol. The van der Waals surface area contributed by atoms with E-state index < -0.39 is 0 Å². The van der Waals surface area contributed by atoms with E-state index in [1.165, 1.54) is 18.3 Å². The molecule has 0 atom stereocenters. The number of benzene rings is 1. The Labute approximate surface area is 121 Å². The number of carbonyl (C=O) groups is 2. The number of aromatic nitrogens is 1. The van der Waals surface area contributed by atoms with Crippen molar-refractivity contribution in [2.45, 2.75) is 13.3 Å². The van der Waals surface area contributed by atoms with Gasteiger partial charge in [0.1, 0.15) is 0 Å². The van der Waals surface area contributed by atoms with E-state index in [-0.39, 0.29) is 18.1 Å². The fourth-order valence-corrected chi connectivity index (χ4v) is 2.36. The second-order valence-electron chi connectivity index (χ2n) is 4.26. The first kappa shape index (κ1) is 14.2. The molecule has 0 aliphatic carbocycles. The molecule has 0 spiro atoms. The highest BCUT2D eigenvalue weighted by molar-refractivity contribution is 7.13. The smallest absolute Gasteiger partial charge is 0.230 e. The number of thiazole rings is 1. The molecule has 0 unspecified atom stereocenters. The van der Waals surface area contributed by atoms with E-state index in [4.69, 9.17) is 0 Å². The first-order valence-electron chi connectivity index (χ1n) is 6.11. The molecule has 1 aromatic heterocycles. The lowest BCUT2D eigenvalue weighted by Crippen LogP contribution is -2.14. The van der Waals surface area contributed by atoms with E-state index in [2.05, 4.69) is 15.6 Å². The van der Waals surface area contributed by atoms with Crippen LogP contribution in [-0.2, 0) is 11.2 Å². The number of anilines is 2. The molecule has 104 valence electrons. The van der Waals surface area contributed by atoms with Crippen LogP contribution in [0.15, 0.2) is 29.6 Å². The van der Waals surface area contributed by atoms with Gasteiger partial charge in [0.2, 0.25) is 5.91 Å². The van der Waals surface area contributed by atoms with Crippen molar-refractivity contribution in [3.8, 4) is 0 Å². The van der Waals surface area contributed by atoms with Gasteiger partial charge in [0, 0.05) is 23.7 Å². The third-order valence-electron chi connectivity index (χ3n) is 2.66. The maximum absolute atomic E-state index is 11.9. The molecular weight excluding hydrogens is 274 g/mol. The van der Waals surface area contributed by atoms with Gasteiger partial charge in [-0.05, 0) is 19.1 Å². The first-order valence-corrected chi connectivity index (χ1v) is 6.99. The Morgan fingerprint density at radius 1 is 1.35 bits per heavy atom. The Morgan fingerprint density at radius 2 is 2.15 bits per heavy atom. The van der Waals surface area contributed by atoms with Crippen molar-refractivity contribution in [3.05, 3.63) is 40.9 Å². The van der Waals surface area contributed by atoms with Gasteiger partial charge in [-0.2, -0.15) is 0 Å². The summed E-state index contributed by atoms with van der Waals surface area (Å²) in [5.74, 6) is -0.182. The lowest BCUT2D eigenvalue weighted by atomic mass is 10.1. The van der Waals surface area contributed by atoms with Crippen LogP contribution in [0.5, 0.6) is 0 Å². The lowest BCUT2D eigenvalue weighted by molar-refractivity contribution is -0.115. The van der Waals surface area contributed by atoms with Crippen molar-refractivity contribution in [3.63, 3.8) is 0 Å². The minimum atomic E-state index is -0.154. The maximum Gasteiger partial charge on any atom is 0.230 e. The van der Waals surface area contributed by atoms with E-state index >= 15 is 0 Å². The Balaban J connectivity index is 2.00. The van der Waals surface area contributed by atoms with Crippen LogP contribution < -0.4 is 10.6 Å². The SMILES string of the molecule is CNc1nc(CC(=O)Nc2cccc(C(C)=O)c2)cs1. The molecule has 2 aromatic rings. The summed E-state index contributed by atoms with van der Waals surface area (Å²) in [7, 11) is 1.79. The third-order valence-corrected chi connectivity index (χ3v) is 3.57. The Morgan fingerprint density at radius 3 is 2.80 bits per heavy atom. The summed E-state index contributed by atoms with van der Waals surface area (Å²) >= 11 is 1.46. The first-order chi connectivity index (χ1) is 9.58. The second-order valence-corrected chi connectivity index (χ2v) is 5.11. The van der Waals surface area contributed by atoms with E-state index in [1.54, 1.807) is 31.3 Å². The van der Waals surface area contributed by atoms with Crippen molar-refractivity contribution < 1.29 is 9.59 Å². The van der Waals surface area contributed by atoms with Gasteiger partial charge in [-0.3, -0.25) is 9.59 Å². The number of Topliss-reactive ketones (excluding diaryl/α,β-unsaturated/α-hetero) is 1. The topological polar surface area (TPSA) is 71.1 Å². The molecule has 2 N–H and O–H groups in total. The molecule has 0 saturated carbocycles. The van der Waals surface area contributed by atoms with Gasteiger partial charge in [0.05, 0.1) is 12.1 Å². The molecule has 5 nitrogen and oxygen atoms in total. The molecule has 6 heteroatoms. The average Bonchev–Trinajstić information content (AvgIpc) is 2.86. The van der Waals surface area contributed by atoms with Crippen molar-refractivity contribution >= 4 is 33.8 Å². The maximum atomic E-state index is 11.9. The number of hydrogen-bond donors (Lipinski definition) is 2. The zero-order valence-corrected chi connectivity index (χ0v) is 12.1. The molecule has 0 saturated heterocycles. The summed E-state index contributed by atoms with van der Waals surface area (Å²) < 4.78 is 0. The highest BCUT2D eigenvalue weighted by Gasteiger charge is 2.08. The molecule has 0 fully saturated rings. The molecule has 0 aliphatic heterocycles. The van der Waals surface area contributed by atoms with E-state index in [9.17, 15) is 9.59 Å². The van der Waals surface area contributed by atoms with Crippen LogP contribution in [0.3, 0.4) is 0 Å². The largest absolute Gasteiger partial charge is 0.365 e. The molecule has 1 heterocycles. The van der Waals surface area contributed by atoms with E-state index in [1.807, 2.05) is 5.38 Å². The minimum absolute atomic E-state index is 0.0285. The number of nitrogens with one attached hydrogen (secondary N) is 2. The van der Waals surface area contributed by atoms with Crippen LogP contribution in [0.2, 0.25) is 0 Å². The van der Waals surface area contributed by atoms with Crippen LogP contribution >= 0.6 is 11.3 Å². The minimum Gasteiger partial charge on any atom is -0.365 e. The molecule has 2 rings (SSSR count). The Bertz CT molecular complexity index is 637. The molecule has 1 aromatic carbocycles. The zero-order chi connectivity index (χ0) is 14.5. The van der Waals surface area contributed by atoms with Gasteiger partial charge in [0.15, 0.2) is 10.9 Å². The van der Waals surface area contributed by atoms with Gasteiger partial charge >= 0.3 is 0 Å². The predicted octanol–water partition coefficient (Wildman–Crippen LogP) is 2.57. The van der Waals surface area contributed by atoms with Crippen LogP contribution in [0.1, 0.15) is 23.0 Å². The summed E-state index contributed by atoms with van der Waals surface area (Å²) in [5.41, 5.74) is 1.92. The van der Waals surface area contributed by atoms with Gasteiger partial charge in [-0.1, -0.05) is 12.1 Å². The standard InChI is InChI=1S/C14H15N3O2S/c1-9(18)10-4-3-5-11(6-10)16-13(19)7-12-8-20-14(15-2)17-12/h3-6,8H,7H2,1-2H3,(H,15,17)(H,16,19). The van der Waals surface area contributed by atoms with Crippen LogP contribution in [0.4, 0.5) is 10.8 Å². The highest BCUT2D eigenvalue weighted by Crippen LogP contribution is 2.16. The average molecular weight is 289 g/mol. The summed E-state index contributed by atoms with van der Waals surface area (Å²) in [6.45, 7) is 1.50. The molecular formula is C14H15N3O2S. The quantitative estimate of drug-likeness (QED) is 0.830. The number of rotatable bonds is 5. The molecule has 0 aliphatic rings. The summed E-state index contributed by atoms with van der Waals surface area (Å²) in [6, 6.07) is 6.89. The summed E-state index contributed by atoms with van der Waals surface area (Å²) in [5, 5.41) is 8.32. The van der Waals surface area contributed by atoms with Gasteiger partial charge in [-0.25, -0.2) is 4.98 Å². The highest BCUT2D eigenvalue weighted by atomic mass is 32.1. The zero-order valence-electron chi connectivity index (χ0n) is 11.3. The van der Waals surface area contributed by atoms with Crippen molar-refractivity contribution in [2.75, 3.05) is 17.7 Å². The number of carbonyl (C=O) groups excluding carboxylic acids is 2. The van der Waals surface area contributed by atoms with E-state index in [0.717, 1.165) is 10.8 Å². The third kappa shape index (κ3) is 3.64. The molecule has 20 heavy (non-hydrogen) atoms. The van der Waals surface area contributed by atoms with Gasteiger partial charge in [0.25, 0.3) is 0 Å². The van der Waals surface area contributed by atoms with Crippen molar-refractivity contribution in [2.24, 2.45) is 0 Å².